The fraction of sp³-hybridized carbons (Fsp3) is 0.500. The maximum absolute atomic E-state index is 4.70. The van der Waals surface area contributed by atoms with Crippen LogP contribution in [0.25, 0.3) is 0 Å². The van der Waals surface area contributed by atoms with Gasteiger partial charge in [-0.15, -0.1) is 0 Å². The van der Waals surface area contributed by atoms with Gasteiger partial charge >= 0.3 is 0 Å². The second-order valence-electron chi connectivity index (χ2n) is 4.25. The first-order valence-electron chi connectivity index (χ1n) is 5.67. The average Bonchev–Trinajstić information content (AvgIpc) is 2.22. The van der Waals surface area contributed by atoms with Crippen molar-refractivity contribution in [2.75, 3.05) is 0 Å². The van der Waals surface area contributed by atoms with Crippen LogP contribution in [-0.4, -0.2) is 11.8 Å². The molecule has 0 aromatic heterocycles. The molecule has 0 spiro atoms. The van der Waals surface area contributed by atoms with Gasteiger partial charge in [-0.2, -0.15) is 0 Å². The molecule has 82 valence electrons. The van der Waals surface area contributed by atoms with Crippen LogP contribution < -0.4 is 0 Å². The maximum atomic E-state index is 4.70. The van der Waals surface area contributed by atoms with Crippen LogP contribution in [0.4, 0.5) is 0 Å². The van der Waals surface area contributed by atoms with E-state index in [1.54, 1.807) is 0 Å². The number of hydrogen-bond acceptors (Lipinski definition) is 1. The first-order chi connectivity index (χ1) is 7.15. The minimum Gasteiger partial charge on any atom is -0.286 e. The topological polar surface area (TPSA) is 12.4 Å². The standard InChI is InChI=1S/C14H21N/c1-5-6-7-8-11(2)14-12(3)9-10-13(4)15-14/h5-12,14H,1-4H3/b6-5-,8-7-/t11-,12?,14?/m0/s1. The Kier molecular flexibility index (Phi) is 4.54. The molecule has 0 aromatic rings. The van der Waals surface area contributed by atoms with Gasteiger partial charge in [0.15, 0.2) is 0 Å². The highest BCUT2D eigenvalue weighted by atomic mass is 14.8. The average molecular weight is 203 g/mol. The quantitative estimate of drug-likeness (QED) is 0.619. The highest BCUT2D eigenvalue weighted by Crippen LogP contribution is 2.22. The second kappa shape index (κ2) is 5.69. The Bertz CT molecular complexity index is 307. The molecule has 2 unspecified atom stereocenters. The van der Waals surface area contributed by atoms with E-state index in [9.17, 15) is 0 Å². The molecule has 3 atom stereocenters. The molecule has 1 aliphatic rings. The summed E-state index contributed by atoms with van der Waals surface area (Å²) in [5, 5.41) is 0. The normalized spacial score (nSPS) is 28.7. The van der Waals surface area contributed by atoms with E-state index >= 15 is 0 Å². The van der Waals surface area contributed by atoms with Crippen molar-refractivity contribution >= 4 is 5.71 Å². The second-order valence-corrected chi connectivity index (χ2v) is 4.25. The van der Waals surface area contributed by atoms with Crippen LogP contribution in [0.3, 0.4) is 0 Å². The smallest absolute Gasteiger partial charge is 0.0622 e. The molecule has 0 N–H and O–H groups in total. The van der Waals surface area contributed by atoms with Crippen molar-refractivity contribution in [3.8, 4) is 0 Å². The van der Waals surface area contributed by atoms with Crippen LogP contribution >= 0.6 is 0 Å². The van der Waals surface area contributed by atoms with Crippen molar-refractivity contribution in [3.63, 3.8) is 0 Å². The summed E-state index contributed by atoms with van der Waals surface area (Å²) in [4.78, 5) is 4.70. The maximum Gasteiger partial charge on any atom is 0.0622 e. The predicted octanol–water partition coefficient (Wildman–Crippen LogP) is 3.79. The summed E-state index contributed by atoms with van der Waals surface area (Å²) in [6, 6.07) is 0.400. The van der Waals surface area contributed by atoms with E-state index in [1.165, 1.54) is 0 Å². The fourth-order valence-corrected chi connectivity index (χ4v) is 1.86. The Morgan fingerprint density at radius 3 is 2.80 bits per heavy atom. The number of hydrogen-bond donors (Lipinski definition) is 0. The van der Waals surface area contributed by atoms with E-state index in [2.05, 4.69) is 51.2 Å². The lowest BCUT2D eigenvalue weighted by atomic mass is 9.88. The summed E-state index contributed by atoms with van der Waals surface area (Å²) in [7, 11) is 0. The Balaban J connectivity index is 2.66. The van der Waals surface area contributed by atoms with Gasteiger partial charge in [-0.25, -0.2) is 0 Å². The van der Waals surface area contributed by atoms with E-state index in [0.717, 1.165) is 5.71 Å². The van der Waals surface area contributed by atoms with Gasteiger partial charge in [0.05, 0.1) is 6.04 Å². The molecule has 1 nitrogen and oxygen atoms in total. The number of dihydropyridines is 1. The van der Waals surface area contributed by atoms with E-state index < -0.39 is 0 Å². The zero-order valence-corrected chi connectivity index (χ0v) is 10.1. The third-order valence-electron chi connectivity index (χ3n) is 2.79. The summed E-state index contributed by atoms with van der Waals surface area (Å²) in [5.74, 6) is 1.04. The summed E-state index contributed by atoms with van der Waals surface area (Å²) < 4.78 is 0. The monoisotopic (exact) mass is 203 g/mol. The van der Waals surface area contributed by atoms with Crippen LogP contribution in [0.2, 0.25) is 0 Å². The lowest BCUT2D eigenvalue weighted by molar-refractivity contribution is 0.446. The predicted molar refractivity (Wildman–Crippen MR) is 68.3 cm³/mol. The third kappa shape index (κ3) is 3.50. The molecule has 0 amide bonds. The summed E-state index contributed by atoms with van der Waals surface area (Å²) in [6.07, 6.45) is 12.8. The molecule has 1 aliphatic heterocycles. The molecule has 1 heterocycles. The third-order valence-corrected chi connectivity index (χ3v) is 2.79. The summed E-state index contributed by atoms with van der Waals surface area (Å²) in [6.45, 7) is 8.56. The van der Waals surface area contributed by atoms with E-state index in [-0.39, 0.29) is 0 Å². The van der Waals surface area contributed by atoms with Crippen LogP contribution in [0, 0.1) is 11.8 Å². The van der Waals surface area contributed by atoms with Crippen molar-refractivity contribution in [3.05, 3.63) is 36.5 Å². The lowest BCUT2D eigenvalue weighted by Gasteiger charge is -2.25. The molecule has 0 saturated heterocycles. The molecular weight excluding hydrogens is 182 g/mol. The van der Waals surface area contributed by atoms with Crippen molar-refractivity contribution in [1.82, 2.24) is 0 Å². The van der Waals surface area contributed by atoms with Gasteiger partial charge in [-0.3, -0.25) is 4.99 Å². The van der Waals surface area contributed by atoms with Gasteiger partial charge in [-0.05, 0) is 31.8 Å². The van der Waals surface area contributed by atoms with Crippen molar-refractivity contribution < 1.29 is 0 Å². The Hall–Kier alpha value is -1.11. The van der Waals surface area contributed by atoms with Crippen LogP contribution in [0.5, 0.6) is 0 Å². The zero-order chi connectivity index (χ0) is 11.3. The van der Waals surface area contributed by atoms with Gasteiger partial charge in [0.1, 0.15) is 0 Å². The van der Waals surface area contributed by atoms with Crippen LogP contribution in [0.15, 0.2) is 41.4 Å². The van der Waals surface area contributed by atoms with E-state index in [1.807, 2.05) is 13.0 Å². The summed E-state index contributed by atoms with van der Waals surface area (Å²) >= 11 is 0. The molecule has 0 aromatic carbocycles. The number of rotatable bonds is 3. The highest BCUT2D eigenvalue weighted by Gasteiger charge is 2.21. The lowest BCUT2D eigenvalue weighted by Crippen LogP contribution is -2.25. The van der Waals surface area contributed by atoms with E-state index in [0.29, 0.717) is 17.9 Å². The van der Waals surface area contributed by atoms with Gasteiger partial charge in [-0.1, -0.05) is 44.2 Å². The largest absolute Gasteiger partial charge is 0.286 e. The molecule has 0 fully saturated rings. The van der Waals surface area contributed by atoms with Crippen LogP contribution in [0.1, 0.15) is 27.7 Å². The molecule has 0 saturated carbocycles. The van der Waals surface area contributed by atoms with E-state index in [4.69, 9.17) is 4.99 Å². The van der Waals surface area contributed by atoms with Crippen molar-refractivity contribution in [2.24, 2.45) is 16.8 Å². The first-order valence-corrected chi connectivity index (χ1v) is 5.67. The Morgan fingerprint density at radius 2 is 2.13 bits per heavy atom. The Morgan fingerprint density at radius 1 is 1.40 bits per heavy atom. The number of nitrogens with zero attached hydrogens (tertiary/aromatic N) is 1. The minimum atomic E-state index is 0.400. The molecule has 0 radical (unpaired) electrons. The van der Waals surface area contributed by atoms with Crippen molar-refractivity contribution in [1.29, 1.82) is 0 Å². The van der Waals surface area contributed by atoms with Gasteiger partial charge < -0.3 is 0 Å². The Labute approximate surface area is 93.3 Å². The highest BCUT2D eigenvalue weighted by molar-refractivity contribution is 5.93. The van der Waals surface area contributed by atoms with Gasteiger partial charge in [0, 0.05) is 5.71 Å². The zero-order valence-electron chi connectivity index (χ0n) is 10.1. The molecule has 1 heteroatoms. The number of aliphatic imine (C=N–C) groups is 1. The SMILES string of the molecule is C/C=C\C=C/[C@H](C)C1N=C(C)C=CC1C. The number of allylic oxidation sites excluding steroid dienone is 4. The molecule has 0 bridgehead atoms. The molecule has 1 rings (SSSR count). The summed E-state index contributed by atoms with van der Waals surface area (Å²) in [5.41, 5.74) is 1.14. The molecular formula is C14H21N. The molecule has 15 heavy (non-hydrogen) atoms. The first kappa shape index (κ1) is 12.0. The molecule has 0 aliphatic carbocycles. The van der Waals surface area contributed by atoms with Crippen LogP contribution in [-0.2, 0) is 0 Å². The minimum absolute atomic E-state index is 0.400. The van der Waals surface area contributed by atoms with Gasteiger partial charge in [0.25, 0.3) is 0 Å². The fourth-order valence-electron chi connectivity index (χ4n) is 1.86. The van der Waals surface area contributed by atoms with Crippen molar-refractivity contribution in [2.45, 2.75) is 33.7 Å². The van der Waals surface area contributed by atoms with Gasteiger partial charge in [0.2, 0.25) is 0 Å².